The Morgan fingerprint density at radius 2 is 1.80 bits per heavy atom. The van der Waals surface area contributed by atoms with Gasteiger partial charge in [-0.05, 0) is 37.5 Å². The Labute approximate surface area is 126 Å². The zero-order valence-corrected chi connectivity index (χ0v) is 12.9. The van der Waals surface area contributed by atoms with Crippen LogP contribution in [0.25, 0.3) is 0 Å². The highest BCUT2D eigenvalue weighted by atomic mass is 35.5. The van der Waals surface area contributed by atoms with E-state index < -0.39 is 0 Å². The zero-order valence-electron chi connectivity index (χ0n) is 12.1. The second kappa shape index (κ2) is 7.84. The lowest BCUT2D eigenvalue weighted by atomic mass is 9.65. The number of fused-ring (bicyclic) bond motifs is 2. The normalized spacial score (nSPS) is 31.9. The Morgan fingerprint density at radius 3 is 2.35 bits per heavy atom. The molecule has 6 heteroatoms. The summed E-state index contributed by atoms with van der Waals surface area (Å²) in [4.78, 5) is 23.2. The molecule has 116 valence electrons. The molecule has 2 amide bonds. The second-order valence-corrected chi connectivity index (χ2v) is 5.91. The first-order chi connectivity index (χ1) is 9.11. The van der Waals surface area contributed by atoms with Crippen LogP contribution < -0.4 is 16.4 Å². The van der Waals surface area contributed by atoms with Crippen LogP contribution in [0.15, 0.2) is 0 Å². The van der Waals surface area contributed by atoms with Gasteiger partial charge in [-0.25, -0.2) is 0 Å². The first-order valence-electron chi connectivity index (χ1n) is 7.35. The molecule has 2 bridgehead atoms. The number of hydrogen-bond acceptors (Lipinski definition) is 3. The van der Waals surface area contributed by atoms with Gasteiger partial charge in [0.15, 0.2) is 0 Å². The predicted octanol–water partition coefficient (Wildman–Crippen LogP) is 0.814. The summed E-state index contributed by atoms with van der Waals surface area (Å²) in [5, 5.41) is 5.43. The number of carbonyl (C=O) groups is 2. The van der Waals surface area contributed by atoms with E-state index in [0.717, 1.165) is 12.8 Å². The van der Waals surface area contributed by atoms with Crippen molar-refractivity contribution in [2.24, 2.45) is 23.5 Å². The lowest BCUT2D eigenvalue weighted by Gasteiger charge is -2.43. The summed E-state index contributed by atoms with van der Waals surface area (Å²) in [6.45, 7) is 0.427. The van der Waals surface area contributed by atoms with E-state index in [-0.39, 0.29) is 30.1 Å². The molecule has 2 aliphatic rings. The zero-order chi connectivity index (χ0) is 13.8. The quantitative estimate of drug-likeness (QED) is 0.719. The van der Waals surface area contributed by atoms with Crippen molar-refractivity contribution in [2.45, 2.75) is 44.6 Å². The van der Waals surface area contributed by atoms with Crippen molar-refractivity contribution < 1.29 is 9.59 Å². The Bertz CT molecular complexity index is 337. The molecular formula is C14H26ClN3O2. The number of rotatable bonds is 4. The number of carbonyl (C=O) groups excluding carboxylic acids is 2. The van der Waals surface area contributed by atoms with E-state index in [4.69, 9.17) is 5.73 Å². The molecule has 0 aromatic heterocycles. The highest BCUT2D eigenvalue weighted by molar-refractivity contribution is 5.85. The van der Waals surface area contributed by atoms with Gasteiger partial charge in [0.25, 0.3) is 0 Å². The third kappa shape index (κ3) is 4.09. The van der Waals surface area contributed by atoms with E-state index in [9.17, 15) is 9.59 Å². The van der Waals surface area contributed by atoms with Crippen molar-refractivity contribution in [3.63, 3.8) is 0 Å². The monoisotopic (exact) mass is 303 g/mol. The van der Waals surface area contributed by atoms with Gasteiger partial charge >= 0.3 is 0 Å². The maximum Gasteiger partial charge on any atom is 0.223 e. The number of hydrogen-bond donors (Lipinski definition) is 3. The number of amides is 2. The lowest BCUT2D eigenvalue weighted by molar-refractivity contribution is -0.128. The molecule has 0 heterocycles. The van der Waals surface area contributed by atoms with Gasteiger partial charge in [0, 0.05) is 32.0 Å². The van der Waals surface area contributed by atoms with Crippen LogP contribution in [0.2, 0.25) is 0 Å². The molecule has 2 atom stereocenters. The van der Waals surface area contributed by atoms with Crippen molar-refractivity contribution in [3.05, 3.63) is 0 Å². The fraction of sp³-hybridized carbons (Fsp3) is 0.857. The Morgan fingerprint density at radius 1 is 1.20 bits per heavy atom. The largest absolute Gasteiger partial charge is 0.359 e. The Balaban J connectivity index is 0.00000200. The maximum absolute atomic E-state index is 12.1. The summed E-state index contributed by atoms with van der Waals surface area (Å²) in [7, 11) is 1.61. The summed E-state index contributed by atoms with van der Waals surface area (Å²) in [5.41, 5.74) is 6.22. The Hall–Kier alpha value is -0.810. The highest BCUT2D eigenvalue weighted by Crippen LogP contribution is 2.41. The molecule has 20 heavy (non-hydrogen) atoms. The molecule has 0 spiro atoms. The molecule has 0 saturated heterocycles. The van der Waals surface area contributed by atoms with Gasteiger partial charge in [0.05, 0.1) is 0 Å². The maximum atomic E-state index is 12.1. The molecule has 0 radical (unpaired) electrons. The first-order valence-corrected chi connectivity index (χ1v) is 7.35. The number of nitrogens with one attached hydrogen (secondary N) is 2. The average molecular weight is 304 g/mol. The minimum atomic E-state index is -0.0390. The van der Waals surface area contributed by atoms with E-state index >= 15 is 0 Å². The van der Waals surface area contributed by atoms with Crippen LogP contribution >= 0.6 is 12.4 Å². The van der Waals surface area contributed by atoms with E-state index in [1.807, 2.05) is 0 Å². The van der Waals surface area contributed by atoms with Gasteiger partial charge in [-0.15, -0.1) is 12.4 Å². The van der Waals surface area contributed by atoms with Gasteiger partial charge in [-0.3, -0.25) is 9.59 Å². The van der Waals surface area contributed by atoms with Crippen molar-refractivity contribution in [3.8, 4) is 0 Å². The molecule has 5 nitrogen and oxygen atoms in total. The summed E-state index contributed by atoms with van der Waals surface area (Å²) in [6.07, 6.45) is 5.78. The summed E-state index contributed by atoms with van der Waals surface area (Å²) < 4.78 is 0. The number of halogens is 1. The third-order valence-electron chi connectivity index (χ3n) is 4.71. The van der Waals surface area contributed by atoms with E-state index in [1.165, 1.54) is 19.3 Å². The third-order valence-corrected chi connectivity index (χ3v) is 4.71. The van der Waals surface area contributed by atoms with Gasteiger partial charge in [-0.1, -0.05) is 6.42 Å². The van der Waals surface area contributed by atoms with Crippen LogP contribution in [0.5, 0.6) is 0 Å². The van der Waals surface area contributed by atoms with Crippen molar-refractivity contribution >= 4 is 24.2 Å². The van der Waals surface area contributed by atoms with Crippen molar-refractivity contribution in [1.29, 1.82) is 0 Å². The molecular weight excluding hydrogens is 278 g/mol. The van der Waals surface area contributed by atoms with Crippen LogP contribution in [0, 0.1) is 17.8 Å². The smallest absolute Gasteiger partial charge is 0.223 e. The van der Waals surface area contributed by atoms with Crippen LogP contribution in [0.3, 0.4) is 0 Å². The molecule has 2 fully saturated rings. The van der Waals surface area contributed by atoms with Crippen molar-refractivity contribution in [1.82, 2.24) is 10.6 Å². The van der Waals surface area contributed by atoms with Crippen LogP contribution in [0.1, 0.15) is 38.5 Å². The predicted molar refractivity (Wildman–Crippen MR) is 80.5 cm³/mol. The first kappa shape index (κ1) is 17.2. The topological polar surface area (TPSA) is 84.2 Å². The number of nitrogens with two attached hydrogens (primary N) is 1. The minimum absolute atomic E-state index is 0. The second-order valence-electron chi connectivity index (χ2n) is 5.91. The molecule has 2 rings (SSSR count). The fourth-order valence-electron chi connectivity index (χ4n) is 3.57. The van der Waals surface area contributed by atoms with Gasteiger partial charge in [-0.2, -0.15) is 0 Å². The van der Waals surface area contributed by atoms with E-state index in [0.29, 0.717) is 30.8 Å². The summed E-state index contributed by atoms with van der Waals surface area (Å²) in [5.74, 6) is 1.19. The van der Waals surface area contributed by atoms with Crippen LogP contribution in [-0.2, 0) is 9.59 Å². The van der Waals surface area contributed by atoms with Crippen LogP contribution in [0.4, 0.5) is 0 Å². The summed E-state index contributed by atoms with van der Waals surface area (Å²) >= 11 is 0. The van der Waals surface area contributed by atoms with Crippen molar-refractivity contribution in [2.75, 3.05) is 13.6 Å². The molecule has 0 aromatic rings. The van der Waals surface area contributed by atoms with Crippen LogP contribution in [-0.4, -0.2) is 31.4 Å². The SMILES string of the molecule is CNC(=O)CCNC(=O)C1CC2CCCC(C1)C2N.Cl. The standard InChI is InChI=1S/C14H25N3O2.ClH/c1-16-12(18)5-6-17-14(19)11-7-9-3-2-4-10(8-11)13(9)15;/h9-11,13H,2-8,15H2,1H3,(H,16,18)(H,17,19);1H. The molecule has 0 aliphatic heterocycles. The van der Waals surface area contributed by atoms with E-state index in [1.54, 1.807) is 7.05 Å². The highest BCUT2D eigenvalue weighted by Gasteiger charge is 2.40. The van der Waals surface area contributed by atoms with Gasteiger partial charge < -0.3 is 16.4 Å². The van der Waals surface area contributed by atoms with E-state index in [2.05, 4.69) is 10.6 Å². The minimum Gasteiger partial charge on any atom is -0.359 e. The Kier molecular flexibility index (Phi) is 6.76. The molecule has 2 saturated carbocycles. The molecule has 2 aliphatic carbocycles. The average Bonchev–Trinajstić information content (AvgIpc) is 2.37. The summed E-state index contributed by atoms with van der Waals surface area (Å²) in [6, 6.07) is 0.295. The fourth-order valence-corrected chi connectivity index (χ4v) is 3.57. The van der Waals surface area contributed by atoms with Gasteiger partial charge in [0.1, 0.15) is 0 Å². The molecule has 0 aromatic carbocycles. The molecule has 4 N–H and O–H groups in total. The molecule has 2 unspecified atom stereocenters. The lowest BCUT2D eigenvalue weighted by Crippen LogP contribution is -2.49. The van der Waals surface area contributed by atoms with Gasteiger partial charge in [0.2, 0.25) is 11.8 Å².